The summed E-state index contributed by atoms with van der Waals surface area (Å²) in [5, 5.41) is 29.0. The molecule has 1 rings (SSSR count). The number of aromatic carboxylic acids is 1. The summed E-state index contributed by atoms with van der Waals surface area (Å²) in [5.74, 6) is -2.29. The molecule has 0 aliphatic carbocycles. The first-order valence-corrected chi connectivity index (χ1v) is 6.31. The lowest BCUT2D eigenvalue weighted by molar-refractivity contribution is 0.0691. The number of hydrogen-bond acceptors (Lipinski definition) is 3. The van der Waals surface area contributed by atoms with Gasteiger partial charge in [0, 0.05) is 5.56 Å². The van der Waals surface area contributed by atoms with Gasteiger partial charge in [0.05, 0.1) is 5.02 Å². The molecule has 0 spiro atoms. The van der Waals surface area contributed by atoms with Crippen LogP contribution in [0, 0.1) is 0 Å². The molecule has 0 bridgehead atoms. The lowest BCUT2D eigenvalue weighted by Gasteiger charge is -2.15. The molecular formula is C13H17ClO4. The summed E-state index contributed by atoms with van der Waals surface area (Å²) in [6.45, 7) is 3.75. The largest absolute Gasteiger partial charge is 0.504 e. The molecule has 0 aliphatic rings. The Kier molecular flexibility index (Phi) is 4.84. The topological polar surface area (TPSA) is 77.8 Å². The molecule has 1 aromatic carbocycles. The predicted octanol–water partition coefficient (Wildman–Crippen LogP) is 3.35. The summed E-state index contributed by atoms with van der Waals surface area (Å²) < 4.78 is 0. The van der Waals surface area contributed by atoms with Crippen molar-refractivity contribution >= 4 is 17.6 Å². The number of carbonyl (C=O) groups is 1. The van der Waals surface area contributed by atoms with Crippen LogP contribution in [0.5, 0.6) is 11.5 Å². The molecule has 3 N–H and O–H groups in total. The smallest absolute Gasteiger partial charge is 0.339 e. The Morgan fingerprint density at radius 2 is 1.78 bits per heavy atom. The summed E-state index contributed by atoms with van der Waals surface area (Å²) in [7, 11) is 0. The molecule has 0 aromatic heterocycles. The third-order valence-electron chi connectivity index (χ3n) is 2.93. The van der Waals surface area contributed by atoms with Crippen molar-refractivity contribution in [1.29, 1.82) is 0 Å². The molecule has 0 heterocycles. The summed E-state index contributed by atoms with van der Waals surface area (Å²) in [4.78, 5) is 11.1. The van der Waals surface area contributed by atoms with E-state index in [1.54, 1.807) is 6.92 Å². The van der Waals surface area contributed by atoms with Crippen LogP contribution in [0.2, 0.25) is 5.02 Å². The fourth-order valence-electron chi connectivity index (χ4n) is 1.94. The highest BCUT2D eigenvalue weighted by Gasteiger charge is 2.25. The zero-order chi connectivity index (χ0) is 13.9. The second kappa shape index (κ2) is 5.96. The van der Waals surface area contributed by atoms with Crippen molar-refractivity contribution in [1.82, 2.24) is 0 Å². The maximum Gasteiger partial charge on any atom is 0.339 e. The van der Waals surface area contributed by atoms with E-state index in [1.165, 1.54) is 0 Å². The predicted molar refractivity (Wildman–Crippen MR) is 69.7 cm³/mol. The van der Waals surface area contributed by atoms with Crippen LogP contribution in [0.1, 0.15) is 48.2 Å². The summed E-state index contributed by atoms with van der Waals surface area (Å²) in [6, 6.07) is 0. The van der Waals surface area contributed by atoms with E-state index in [0.29, 0.717) is 24.0 Å². The van der Waals surface area contributed by atoms with E-state index in [-0.39, 0.29) is 10.6 Å². The van der Waals surface area contributed by atoms with Crippen molar-refractivity contribution in [3.05, 3.63) is 21.7 Å². The monoisotopic (exact) mass is 272 g/mol. The van der Waals surface area contributed by atoms with E-state index in [0.717, 1.165) is 12.8 Å². The van der Waals surface area contributed by atoms with Crippen molar-refractivity contribution in [2.75, 3.05) is 0 Å². The number of phenols is 2. The average molecular weight is 273 g/mol. The maximum absolute atomic E-state index is 11.1. The Morgan fingerprint density at radius 3 is 2.22 bits per heavy atom. The molecule has 0 unspecified atom stereocenters. The molecule has 4 nitrogen and oxygen atoms in total. The van der Waals surface area contributed by atoms with Gasteiger partial charge in [-0.05, 0) is 24.8 Å². The zero-order valence-electron chi connectivity index (χ0n) is 10.5. The summed E-state index contributed by atoms with van der Waals surface area (Å²) >= 11 is 6.14. The Bertz CT molecular complexity index is 469. The van der Waals surface area contributed by atoms with Gasteiger partial charge in [0.15, 0.2) is 11.5 Å². The SMILES string of the molecule is CCCCc1c(O)c(O)c(C(=O)O)c(CC)c1Cl. The van der Waals surface area contributed by atoms with Gasteiger partial charge in [-0.15, -0.1) is 0 Å². The lowest BCUT2D eigenvalue weighted by Crippen LogP contribution is -2.06. The first-order chi connectivity index (χ1) is 8.45. The number of aromatic hydroxyl groups is 2. The van der Waals surface area contributed by atoms with Crippen molar-refractivity contribution in [3.8, 4) is 11.5 Å². The van der Waals surface area contributed by atoms with Gasteiger partial charge < -0.3 is 15.3 Å². The van der Waals surface area contributed by atoms with E-state index in [4.69, 9.17) is 16.7 Å². The third kappa shape index (κ3) is 2.53. The molecule has 0 amide bonds. The number of phenolic OH excluding ortho intramolecular Hbond substituents is 1. The molecule has 0 saturated heterocycles. The van der Waals surface area contributed by atoms with Crippen LogP contribution in [-0.2, 0) is 12.8 Å². The van der Waals surface area contributed by atoms with Gasteiger partial charge in [0.2, 0.25) is 0 Å². The van der Waals surface area contributed by atoms with E-state index in [9.17, 15) is 15.0 Å². The van der Waals surface area contributed by atoms with Crippen LogP contribution in [0.25, 0.3) is 0 Å². The van der Waals surface area contributed by atoms with Gasteiger partial charge in [0.1, 0.15) is 5.56 Å². The number of carboxylic acid groups (broad SMARTS) is 1. The molecule has 0 fully saturated rings. The van der Waals surface area contributed by atoms with Crippen LogP contribution < -0.4 is 0 Å². The van der Waals surface area contributed by atoms with E-state index in [2.05, 4.69) is 0 Å². The number of halogens is 1. The molecule has 0 aliphatic heterocycles. The van der Waals surface area contributed by atoms with Crippen LogP contribution in [0.3, 0.4) is 0 Å². The van der Waals surface area contributed by atoms with Crippen LogP contribution in [0.15, 0.2) is 0 Å². The van der Waals surface area contributed by atoms with Gasteiger partial charge in [0.25, 0.3) is 0 Å². The van der Waals surface area contributed by atoms with E-state index < -0.39 is 17.5 Å². The lowest BCUT2D eigenvalue weighted by atomic mass is 9.96. The first kappa shape index (κ1) is 14.6. The third-order valence-corrected chi connectivity index (χ3v) is 3.38. The average Bonchev–Trinajstić information content (AvgIpc) is 2.33. The molecule has 0 saturated carbocycles. The molecule has 1 aromatic rings. The van der Waals surface area contributed by atoms with Crippen LogP contribution in [-0.4, -0.2) is 21.3 Å². The summed E-state index contributed by atoms with van der Waals surface area (Å²) in [6.07, 6.45) is 2.62. The highest BCUT2D eigenvalue weighted by Crippen LogP contribution is 2.42. The molecule has 5 heteroatoms. The number of rotatable bonds is 5. The number of carboxylic acids is 1. The highest BCUT2D eigenvalue weighted by molar-refractivity contribution is 6.33. The van der Waals surface area contributed by atoms with Gasteiger partial charge in [-0.1, -0.05) is 31.9 Å². The Balaban J connectivity index is 3.49. The van der Waals surface area contributed by atoms with Crippen molar-refractivity contribution < 1.29 is 20.1 Å². The molecule has 0 atom stereocenters. The fraction of sp³-hybridized carbons (Fsp3) is 0.462. The maximum atomic E-state index is 11.1. The highest BCUT2D eigenvalue weighted by atomic mass is 35.5. The van der Waals surface area contributed by atoms with Crippen molar-refractivity contribution in [2.24, 2.45) is 0 Å². The fourth-order valence-corrected chi connectivity index (χ4v) is 2.36. The van der Waals surface area contributed by atoms with Crippen molar-refractivity contribution in [3.63, 3.8) is 0 Å². The first-order valence-electron chi connectivity index (χ1n) is 5.94. The number of hydrogen-bond donors (Lipinski definition) is 3. The molecule has 0 radical (unpaired) electrons. The van der Waals surface area contributed by atoms with Gasteiger partial charge in [-0.2, -0.15) is 0 Å². The van der Waals surface area contributed by atoms with Gasteiger partial charge in [-0.3, -0.25) is 0 Å². The molecule has 18 heavy (non-hydrogen) atoms. The van der Waals surface area contributed by atoms with Crippen LogP contribution >= 0.6 is 11.6 Å². The molecular weight excluding hydrogens is 256 g/mol. The Hall–Kier alpha value is -1.42. The Morgan fingerprint density at radius 1 is 1.17 bits per heavy atom. The Labute approximate surface area is 111 Å². The number of benzene rings is 1. The minimum atomic E-state index is -1.29. The second-order valence-electron chi connectivity index (χ2n) is 4.11. The summed E-state index contributed by atoms with van der Waals surface area (Å²) in [5.41, 5.74) is 0.490. The quantitative estimate of drug-likeness (QED) is 0.718. The minimum Gasteiger partial charge on any atom is -0.504 e. The normalized spacial score (nSPS) is 10.6. The van der Waals surface area contributed by atoms with Crippen molar-refractivity contribution in [2.45, 2.75) is 39.5 Å². The van der Waals surface area contributed by atoms with Crippen LogP contribution in [0.4, 0.5) is 0 Å². The minimum absolute atomic E-state index is 0.249. The molecule has 100 valence electrons. The number of unbranched alkanes of at least 4 members (excludes halogenated alkanes) is 1. The van der Waals surface area contributed by atoms with E-state index >= 15 is 0 Å². The standard InChI is InChI=1S/C13H17ClO4/c1-3-5-6-8-10(14)7(4-2)9(13(17)18)12(16)11(8)15/h15-16H,3-6H2,1-2H3,(H,17,18). The zero-order valence-corrected chi connectivity index (χ0v) is 11.2. The van der Waals surface area contributed by atoms with Gasteiger partial charge in [-0.25, -0.2) is 4.79 Å². The second-order valence-corrected chi connectivity index (χ2v) is 4.48. The van der Waals surface area contributed by atoms with E-state index in [1.807, 2.05) is 6.92 Å². The van der Waals surface area contributed by atoms with Gasteiger partial charge >= 0.3 is 5.97 Å².